The van der Waals surface area contributed by atoms with Crippen molar-refractivity contribution in [3.05, 3.63) is 35.4 Å². The molecule has 0 aliphatic heterocycles. The number of ether oxygens (including phenoxy) is 1. The van der Waals surface area contributed by atoms with E-state index in [0.717, 1.165) is 26.1 Å². The van der Waals surface area contributed by atoms with Crippen molar-refractivity contribution in [2.45, 2.75) is 32.6 Å². The van der Waals surface area contributed by atoms with Gasteiger partial charge in [0.1, 0.15) is 0 Å². The van der Waals surface area contributed by atoms with Crippen molar-refractivity contribution >= 4 is 0 Å². The van der Waals surface area contributed by atoms with Gasteiger partial charge in [-0.25, -0.2) is 0 Å². The Morgan fingerprint density at radius 1 is 1.19 bits per heavy atom. The minimum Gasteiger partial charge on any atom is -0.396 e. The Labute approximate surface area is 98.3 Å². The molecule has 1 rings (SSSR count). The molecule has 2 heteroatoms. The number of aliphatic hydroxyl groups excluding tert-OH is 1. The molecule has 1 aromatic carbocycles. The first-order valence-corrected chi connectivity index (χ1v) is 6.03. The molecule has 0 saturated carbocycles. The monoisotopic (exact) mass is 222 g/mol. The van der Waals surface area contributed by atoms with Gasteiger partial charge in [0.25, 0.3) is 0 Å². The molecule has 1 unspecified atom stereocenters. The Balaban J connectivity index is 2.44. The van der Waals surface area contributed by atoms with E-state index >= 15 is 0 Å². The molecule has 1 atom stereocenters. The van der Waals surface area contributed by atoms with Crippen molar-refractivity contribution in [1.29, 1.82) is 0 Å². The van der Waals surface area contributed by atoms with E-state index in [2.05, 4.69) is 38.1 Å². The number of hydrogen-bond acceptors (Lipinski definition) is 2. The van der Waals surface area contributed by atoms with Gasteiger partial charge in [0.05, 0.1) is 6.61 Å². The van der Waals surface area contributed by atoms with Gasteiger partial charge in [-0.1, -0.05) is 36.8 Å². The predicted octanol–water partition coefficient (Wildman–Crippen LogP) is 2.89. The quantitative estimate of drug-likeness (QED) is 0.719. The fourth-order valence-electron chi connectivity index (χ4n) is 1.67. The zero-order valence-electron chi connectivity index (χ0n) is 10.3. The third-order valence-electron chi connectivity index (χ3n) is 2.73. The average molecular weight is 222 g/mol. The predicted molar refractivity (Wildman–Crippen MR) is 66.7 cm³/mol. The second-order valence-electron chi connectivity index (χ2n) is 4.19. The normalized spacial score (nSPS) is 12.7. The van der Waals surface area contributed by atoms with Gasteiger partial charge in [-0.3, -0.25) is 0 Å². The van der Waals surface area contributed by atoms with Crippen LogP contribution in [0.3, 0.4) is 0 Å². The lowest BCUT2D eigenvalue weighted by atomic mass is 9.96. The van der Waals surface area contributed by atoms with Crippen LogP contribution in [-0.2, 0) is 4.74 Å². The second-order valence-corrected chi connectivity index (χ2v) is 4.19. The van der Waals surface area contributed by atoms with Crippen LogP contribution in [-0.4, -0.2) is 24.9 Å². The Morgan fingerprint density at radius 3 is 2.44 bits per heavy atom. The van der Waals surface area contributed by atoms with Gasteiger partial charge in [-0.15, -0.1) is 0 Å². The SMILES string of the molecule is CCCOCCC(CO)c1ccc(C)cc1. The van der Waals surface area contributed by atoms with E-state index in [4.69, 9.17) is 4.74 Å². The van der Waals surface area contributed by atoms with Crippen LogP contribution < -0.4 is 0 Å². The van der Waals surface area contributed by atoms with E-state index in [0.29, 0.717) is 0 Å². The molecule has 0 bridgehead atoms. The number of rotatable bonds is 7. The summed E-state index contributed by atoms with van der Waals surface area (Å²) in [6.45, 7) is 5.91. The third kappa shape index (κ3) is 4.33. The van der Waals surface area contributed by atoms with E-state index in [-0.39, 0.29) is 12.5 Å². The standard InChI is InChI=1S/C14H22O2/c1-3-9-16-10-8-14(11-15)13-6-4-12(2)5-7-13/h4-7,14-15H,3,8-11H2,1-2H3. The number of aliphatic hydroxyl groups is 1. The first-order valence-electron chi connectivity index (χ1n) is 6.03. The smallest absolute Gasteiger partial charge is 0.0500 e. The summed E-state index contributed by atoms with van der Waals surface area (Å²) in [5.41, 5.74) is 2.45. The lowest BCUT2D eigenvalue weighted by molar-refractivity contribution is 0.119. The molecule has 0 aromatic heterocycles. The van der Waals surface area contributed by atoms with Gasteiger partial charge < -0.3 is 9.84 Å². The van der Waals surface area contributed by atoms with Gasteiger partial charge in [0.2, 0.25) is 0 Å². The minimum atomic E-state index is 0.193. The molecule has 16 heavy (non-hydrogen) atoms. The highest BCUT2D eigenvalue weighted by molar-refractivity contribution is 5.24. The summed E-state index contributed by atoms with van der Waals surface area (Å²) < 4.78 is 5.45. The summed E-state index contributed by atoms with van der Waals surface area (Å²) in [5.74, 6) is 0.206. The Hall–Kier alpha value is -0.860. The van der Waals surface area contributed by atoms with E-state index in [1.54, 1.807) is 0 Å². The number of benzene rings is 1. The Kier molecular flexibility index (Phi) is 6.12. The highest BCUT2D eigenvalue weighted by Gasteiger charge is 2.09. The first kappa shape index (κ1) is 13.2. The summed E-state index contributed by atoms with van der Waals surface area (Å²) in [4.78, 5) is 0. The van der Waals surface area contributed by atoms with Crippen molar-refractivity contribution < 1.29 is 9.84 Å². The summed E-state index contributed by atoms with van der Waals surface area (Å²) in [5, 5.41) is 9.35. The molecule has 0 heterocycles. The molecule has 2 nitrogen and oxygen atoms in total. The molecule has 0 spiro atoms. The third-order valence-corrected chi connectivity index (χ3v) is 2.73. The molecule has 90 valence electrons. The lowest BCUT2D eigenvalue weighted by Gasteiger charge is -2.14. The molecule has 1 N–H and O–H groups in total. The van der Waals surface area contributed by atoms with Crippen molar-refractivity contribution in [3.63, 3.8) is 0 Å². The van der Waals surface area contributed by atoms with E-state index in [9.17, 15) is 5.11 Å². The van der Waals surface area contributed by atoms with Crippen molar-refractivity contribution in [3.8, 4) is 0 Å². The van der Waals surface area contributed by atoms with Crippen LogP contribution in [0.2, 0.25) is 0 Å². The largest absolute Gasteiger partial charge is 0.396 e. The molecular formula is C14H22O2. The zero-order chi connectivity index (χ0) is 11.8. The van der Waals surface area contributed by atoms with Gasteiger partial charge in [0, 0.05) is 19.1 Å². The van der Waals surface area contributed by atoms with E-state index < -0.39 is 0 Å². The summed E-state index contributed by atoms with van der Waals surface area (Å²) in [6.07, 6.45) is 1.94. The van der Waals surface area contributed by atoms with Gasteiger partial charge in [0.15, 0.2) is 0 Å². The van der Waals surface area contributed by atoms with Crippen LogP contribution in [0.5, 0.6) is 0 Å². The summed E-state index contributed by atoms with van der Waals surface area (Å²) in [7, 11) is 0. The number of aryl methyl sites for hydroxylation is 1. The van der Waals surface area contributed by atoms with E-state index in [1.165, 1.54) is 11.1 Å². The van der Waals surface area contributed by atoms with Crippen LogP contribution in [0, 0.1) is 6.92 Å². The van der Waals surface area contributed by atoms with Gasteiger partial charge in [-0.2, -0.15) is 0 Å². The molecule has 0 aliphatic carbocycles. The fraction of sp³-hybridized carbons (Fsp3) is 0.571. The second kappa shape index (κ2) is 7.42. The Morgan fingerprint density at radius 2 is 1.88 bits per heavy atom. The average Bonchev–Trinajstić information content (AvgIpc) is 2.31. The first-order chi connectivity index (χ1) is 7.77. The van der Waals surface area contributed by atoms with Crippen LogP contribution in [0.1, 0.15) is 36.8 Å². The van der Waals surface area contributed by atoms with Crippen molar-refractivity contribution in [1.82, 2.24) is 0 Å². The van der Waals surface area contributed by atoms with Crippen LogP contribution in [0.4, 0.5) is 0 Å². The van der Waals surface area contributed by atoms with Gasteiger partial charge >= 0.3 is 0 Å². The maximum Gasteiger partial charge on any atom is 0.0500 e. The minimum absolute atomic E-state index is 0.193. The van der Waals surface area contributed by atoms with E-state index in [1.807, 2.05) is 0 Å². The maximum absolute atomic E-state index is 9.35. The fourth-order valence-corrected chi connectivity index (χ4v) is 1.67. The van der Waals surface area contributed by atoms with Crippen molar-refractivity contribution in [2.24, 2.45) is 0 Å². The molecular weight excluding hydrogens is 200 g/mol. The Bertz CT molecular complexity index is 279. The van der Waals surface area contributed by atoms with Crippen LogP contribution in [0.15, 0.2) is 24.3 Å². The van der Waals surface area contributed by atoms with Crippen molar-refractivity contribution in [2.75, 3.05) is 19.8 Å². The molecule has 0 aliphatic rings. The van der Waals surface area contributed by atoms with Crippen LogP contribution >= 0.6 is 0 Å². The zero-order valence-corrected chi connectivity index (χ0v) is 10.3. The highest BCUT2D eigenvalue weighted by atomic mass is 16.5. The molecule has 0 radical (unpaired) electrons. The lowest BCUT2D eigenvalue weighted by Crippen LogP contribution is -2.08. The highest BCUT2D eigenvalue weighted by Crippen LogP contribution is 2.19. The molecule has 0 amide bonds. The number of hydrogen-bond donors (Lipinski definition) is 1. The maximum atomic E-state index is 9.35. The topological polar surface area (TPSA) is 29.5 Å². The van der Waals surface area contributed by atoms with Crippen LogP contribution in [0.25, 0.3) is 0 Å². The molecule has 1 aromatic rings. The summed E-state index contributed by atoms with van der Waals surface area (Å²) >= 11 is 0. The van der Waals surface area contributed by atoms with Gasteiger partial charge in [-0.05, 0) is 25.3 Å². The summed E-state index contributed by atoms with van der Waals surface area (Å²) in [6, 6.07) is 8.36. The molecule has 0 fully saturated rings. The molecule has 0 saturated heterocycles.